The van der Waals surface area contributed by atoms with Crippen molar-refractivity contribution in [1.29, 1.82) is 0 Å². The van der Waals surface area contributed by atoms with Crippen molar-refractivity contribution in [1.82, 2.24) is 10.2 Å². The summed E-state index contributed by atoms with van der Waals surface area (Å²) in [7, 11) is 0. The first kappa shape index (κ1) is 10.1. The minimum atomic E-state index is -0.371. The average molecular weight is 225 g/mol. The molecule has 0 unspecified atom stereocenters. The van der Waals surface area contributed by atoms with Gasteiger partial charge in [0.15, 0.2) is 5.82 Å². The van der Waals surface area contributed by atoms with Crippen molar-refractivity contribution in [2.24, 2.45) is 0 Å². The number of H-pyrrole nitrogens is 1. The highest BCUT2D eigenvalue weighted by molar-refractivity contribution is 8.01. The minimum Gasteiger partial charge on any atom is -0.461 e. The van der Waals surface area contributed by atoms with Gasteiger partial charge in [0, 0.05) is 18.0 Å². The monoisotopic (exact) mass is 225 g/mol. The Labute approximate surface area is 91.6 Å². The molecule has 6 heteroatoms. The summed E-state index contributed by atoms with van der Waals surface area (Å²) in [6.07, 6.45) is 3.96. The molecule has 0 spiro atoms. The highest BCUT2D eigenvalue weighted by Gasteiger charge is 2.15. The van der Waals surface area contributed by atoms with Crippen LogP contribution in [0.1, 0.15) is 17.4 Å². The zero-order valence-electron chi connectivity index (χ0n) is 8.27. The van der Waals surface area contributed by atoms with Gasteiger partial charge in [-0.15, -0.1) is 0 Å². The van der Waals surface area contributed by atoms with E-state index in [2.05, 4.69) is 10.2 Å². The molecule has 1 aromatic heterocycles. The smallest absolute Gasteiger partial charge is 0.356 e. The highest BCUT2D eigenvalue weighted by Crippen LogP contribution is 2.25. The van der Waals surface area contributed by atoms with Crippen molar-refractivity contribution >= 4 is 23.7 Å². The molecule has 0 bridgehead atoms. The van der Waals surface area contributed by atoms with Crippen LogP contribution in [-0.2, 0) is 4.74 Å². The van der Waals surface area contributed by atoms with Crippen molar-refractivity contribution in [2.45, 2.75) is 6.92 Å². The Morgan fingerprint density at radius 3 is 3.33 bits per heavy atom. The predicted octanol–water partition coefficient (Wildman–Crippen LogP) is 1.57. The summed E-state index contributed by atoms with van der Waals surface area (Å²) in [5.74, 6) is 1.28. The van der Waals surface area contributed by atoms with Gasteiger partial charge in [0.25, 0.3) is 0 Å². The quantitative estimate of drug-likeness (QED) is 0.625. The molecule has 1 aromatic rings. The van der Waals surface area contributed by atoms with Gasteiger partial charge in [-0.05, 0) is 18.9 Å². The Hall–Kier alpha value is -1.43. The molecule has 2 rings (SSSR count). The second-order valence-corrected chi connectivity index (χ2v) is 3.85. The molecule has 0 aliphatic carbocycles. The van der Waals surface area contributed by atoms with E-state index >= 15 is 0 Å². The SMILES string of the molecule is CCOC(=O)c1cc(N2C=CCS2)n[nH]1. The molecule has 1 N–H and O–H groups in total. The fraction of sp³-hybridized carbons (Fsp3) is 0.333. The van der Waals surface area contributed by atoms with E-state index in [1.54, 1.807) is 24.9 Å². The van der Waals surface area contributed by atoms with E-state index in [1.165, 1.54) is 0 Å². The summed E-state index contributed by atoms with van der Waals surface area (Å²) < 4.78 is 6.75. The van der Waals surface area contributed by atoms with Gasteiger partial charge >= 0.3 is 5.97 Å². The number of aromatic amines is 1. The topological polar surface area (TPSA) is 58.2 Å². The first-order valence-electron chi connectivity index (χ1n) is 4.62. The fourth-order valence-corrected chi connectivity index (χ4v) is 1.92. The molecule has 80 valence electrons. The number of hydrogen-bond acceptors (Lipinski definition) is 5. The van der Waals surface area contributed by atoms with Gasteiger partial charge in [0.2, 0.25) is 0 Å². The summed E-state index contributed by atoms with van der Waals surface area (Å²) in [5, 5.41) is 6.68. The van der Waals surface area contributed by atoms with Gasteiger partial charge in [0.1, 0.15) is 5.69 Å². The first-order chi connectivity index (χ1) is 7.31. The van der Waals surface area contributed by atoms with Crippen LogP contribution in [0.2, 0.25) is 0 Å². The Morgan fingerprint density at radius 2 is 2.67 bits per heavy atom. The van der Waals surface area contributed by atoms with Crippen LogP contribution in [0, 0.1) is 0 Å². The number of nitrogens with one attached hydrogen (secondary N) is 1. The number of carbonyl (C=O) groups is 1. The standard InChI is InChI=1S/C9H11N3O2S/c1-2-14-9(13)7-6-8(11-10-7)12-4-3-5-15-12/h3-4,6H,2,5H2,1H3,(H,10,11). The Balaban J connectivity index is 2.09. The van der Waals surface area contributed by atoms with Gasteiger partial charge < -0.3 is 4.74 Å². The number of rotatable bonds is 3. The lowest BCUT2D eigenvalue weighted by atomic mass is 10.4. The van der Waals surface area contributed by atoms with Gasteiger partial charge in [-0.3, -0.25) is 9.40 Å². The molecule has 0 saturated carbocycles. The van der Waals surface area contributed by atoms with Gasteiger partial charge in [-0.1, -0.05) is 6.08 Å². The van der Waals surface area contributed by atoms with Crippen molar-refractivity contribution in [3.63, 3.8) is 0 Å². The van der Waals surface area contributed by atoms with Crippen molar-refractivity contribution in [3.05, 3.63) is 24.0 Å². The van der Waals surface area contributed by atoms with Crippen LogP contribution in [0.3, 0.4) is 0 Å². The Kier molecular flexibility index (Phi) is 2.96. The second-order valence-electron chi connectivity index (χ2n) is 2.87. The largest absolute Gasteiger partial charge is 0.461 e. The predicted molar refractivity (Wildman–Crippen MR) is 58.6 cm³/mol. The summed E-state index contributed by atoms with van der Waals surface area (Å²) in [6, 6.07) is 1.68. The molecule has 0 aromatic carbocycles. The molecule has 5 nitrogen and oxygen atoms in total. The van der Waals surface area contributed by atoms with Crippen LogP contribution in [-0.4, -0.2) is 28.5 Å². The summed E-state index contributed by atoms with van der Waals surface area (Å²) in [5.41, 5.74) is 0.382. The van der Waals surface area contributed by atoms with Crippen LogP contribution in [0.15, 0.2) is 18.3 Å². The normalized spacial score (nSPS) is 14.6. The summed E-state index contributed by atoms with van der Waals surface area (Å²) in [6.45, 7) is 2.14. The van der Waals surface area contributed by atoms with Crippen LogP contribution >= 0.6 is 11.9 Å². The molecule has 0 radical (unpaired) electrons. The third-order valence-corrected chi connectivity index (χ3v) is 2.76. The van der Waals surface area contributed by atoms with Crippen LogP contribution in [0.5, 0.6) is 0 Å². The van der Waals surface area contributed by atoms with E-state index in [-0.39, 0.29) is 5.97 Å². The number of esters is 1. The maximum atomic E-state index is 11.3. The number of hydrogen-bond donors (Lipinski definition) is 1. The number of carbonyl (C=O) groups excluding carboxylic acids is 1. The minimum absolute atomic E-state index is 0.367. The average Bonchev–Trinajstić information content (AvgIpc) is 2.89. The van der Waals surface area contributed by atoms with E-state index in [0.29, 0.717) is 12.3 Å². The highest BCUT2D eigenvalue weighted by atomic mass is 32.2. The lowest BCUT2D eigenvalue weighted by Gasteiger charge is -2.07. The molecule has 1 aliphatic heterocycles. The summed E-state index contributed by atoms with van der Waals surface area (Å²) >= 11 is 1.62. The zero-order chi connectivity index (χ0) is 10.7. The van der Waals surface area contributed by atoms with Gasteiger partial charge in [0.05, 0.1) is 6.61 Å². The Morgan fingerprint density at radius 1 is 1.80 bits per heavy atom. The number of nitrogens with zero attached hydrogens (tertiary/aromatic N) is 2. The van der Waals surface area contributed by atoms with Crippen molar-refractivity contribution < 1.29 is 9.53 Å². The Bertz CT molecular complexity index is 388. The third kappa shape index (κ3) is 2.15. The molecule has 0 fully saturated rings. The second kappa shape index (κ2) is 4.39. The van der Waals surface area contributed by atoms with Crippen LogP contribution in [0.25, 0.3) is 0 Å². The van der Waals surface area contributed by atoms with Gasteiger partial charge in [-0.25, -0.2) is 4.79 Å². The molecular formula is C9H11N3O2S. The van der Waals surface area contributed by atoms with E-state index in [4.69, 9.17) is 4.74 Å². The van der Waals surface area contributed by atoms with Crippen LogP contribution < -0.4 is 4.31 Å². The van der Waals surface area contributed by atoms with E-state index in [1.807, 2.05) is 16.6 Å². The lowest BCUT2D eigenvalue weighted by Crippen LogP contribution is -2.04. The molecular weight excluding hydrogens is 214 g/mol. The fourth-order valence-electron chi connectivity index (χ4n) is 1.19. The molecule has 1 aliphatic rings. The third-order valence-electron chi connectivity index (χ3n) is 1.84. The van der Waals surface area contributed by atoms with E-state index in [9.17, 15) is 4.79 Å². The molecule has 0 amide bonds. The van der Waals surface area contributed by atoms with Crippen LogP contribution in [0.4, 0.5) is 5.82 Å². The lowest BCUT2D eigenvalue weighted by molar-refractivity contribution is 0.0519. The summed E-state index contributed by atoms with van der Waals surface area (Å²) in [4.78, 5) is 11.3. The van der Waals surface area contributed by atoms with Gasteiger partial charge in [-0.2, -0.15) is 5.10 Å². The number of anilines is 1. The maximum absolute atomic E-state index is 11.3. The molecule has 2 heterocycles. The van der Waals surface area contributed by atoms with Crippen molar-refractivity contribution in [3.8, 4) is 0 Å². The molecule has 0 saturated heterocycles. The maximum Gasteiger partial charge on any atom is 0.356 e. The van der Waals surface area contributed by atoms with E-state index in [0.717, 1.165) is 11.6 Å². The molecule has 15 heavy (non-hydrogen) atoms. The number of ether oxygens (including phenoxy) is 1. The van der Waals surface area contributed by atoms with Crippen molar-refractivity contribution in [2.75, 3.05) is 16.7 Å². The van der Waals surface area contributed by atoms with E-state index < -0.39 is 0 Å². The molecule has 0 atom stereocenters. The number of aromatic nitrogens is 2. The zero-order valence-corrected chi connectivity index (χ0v) is 9.08. The first-order valence-corrected chi connectivity index (χ1v) is 5.57.